The third-order valence-electron chi connectivity index (χ3n) is 4.04. The second-order valence-corrected chi connectivity index (χ2v) is 4.42. The normalized spacial score (nSPS) is 59.7. The van der Waals surface area contributed by atoms with Gasteiger partial charge in [0, 0.05) is 5.54 Å². The van der Waals surface area contributed by atoms with Gasteiger partial charge in [0.15, 0.2) is 0 Å². The molecule has 58 valence electrons. The number of hydrogen-bond acceptors (Lipinski definition) is 1. The van der Waals surface area contributed by atoms with Gasteiger partial charge >= 0.3 is 0 Å². The van der Waals surface area contributed by atoms with Crippen molar-refractivity contribution in [2.24, 2.45) is 23.5 Å². The molecule has 1 heteroatoms. The molecule has 0 heterocycles. The van der Waals surface area contributed by atoms with Crippen LogP contribution < -0.4 is 5.73 Å². The highest BCUT2D eigenvalue weighted by atomic mass is 14.8. The molecule has 1 nitrogen and oxygen atoms in total. The first kappa shape index (κ1) is 6.66. The van der Waals surface area contributed by atoms with Gasteiger partial charge in [0.1, 0.15) is 0 Å². The van der Waals surface area contributed by atoms with Crippen molar-refractivity contribution in [3.8, 4) is 0 Å². The molecule has 0 aromatic heterocycles. The molecule has 2 saturated carbocycles. The van der Waals surface area contributed by atoms with Crippen LogP contribution in [0, 0.1) is 17.8 Å². The molecule has 0 aromatic carbocycles. The molecule has 2 N–H and O–H groups in total. The molecular weight excluding hydrogens is 122 g/mol. The number of hydrogen-bond donors (Lipinski definition) is 1. The molecule has 2 aliphatic rings. The zero-order chi connectivity index (χ0) is 7.35. The van der Waals surface area contributed by atoms with Gasteiger partial charge in [0.2, 0.25) is 0 Å². The second kappa shape index (κ2) is 1.76. The minimum atomic E-state index is 0.170. The molecule has 2 rings (SSSR count). The van der Waals surface area contributed by atoms with Gasteiger partial charge in [-0.3, -0.25) is 0 Å². The second-order valence-electron chi connectivity index (χ2n) is 4.42. The van der Waals surface area contributed by atoms with Crippen molar-refractivity contribution in [3.05, 3.63) is 0 Å². The Morgan fingerprint density at radius 2 is 2.10 bits per heavy atom. The van der Waals surface area contributed by atoms with Gasteiger partial charge in [0.25, 0.3) is 0 Å². The summed E-state index contributed by atoms with van der Waals surface area (Å²) in [5, 5.41) is 0. The molecule has 10 heavy (non-hydrogen) atoms. The Morgan fingerprint density at radius 1 is 1.40 bits per heavy atom. The summed E-state index contributed by atoms with van der Waals surface area (Å²) in [4.78, 5) is 0. The lowest BCUT2D eigenvalue weighted by Crippen LogP contribution is -2.47. The maximum absolute atomic E-state index is 6.21. The van der Waals surface area contributed by atoms with Crippen molar-refractivity contribution in [3.63, 3.8) is 0 Å². The molecule has 2 fully saturated rings. The minimum absolute atomic E-state index is 0.170. The summed E-state index contributed by atoms with van der Waals surface area (Å²) in [7, 11) is 0. The Balaban J connectivity index is 2.25. The largest absolute Gasteiger partial charge is 0.325 e. The molecular formula is C9H17N. The summed E-state index contributed by atoms with van der Waals surface area (Å²) in [6.45, 7) is 4.56. The van der Waals surface area contributed by atoms with Crippen molar-refractivity contribution < 1.29 is 0 Å². The molecule has 0 saturated heterocycles. The predicted molar refractivity (Wildman–Crippen MR) is 42.6 cm³/mol. The summed E-state index contributed by atoms with van der Waals surface area (Å²) in [5.41, 5.74) is 6.38. The van der Waals surface area contributed by atoms with Crippen LogP contribution in [0.3, 0.4) is 0 Å². The highest BCUT2D eigenvalue weighted by Crippen LogP contribution is 2.52. The highest BCUT2D eigenvalue weighted by molar-refractivity contribution is 5.05. The van der Waals surface area contributed by atoms with E-state index in [9.17, 15) is 0 Å². The van der Waals surface area contributed by atoms with Crippen molar-refractivity contribution in [1.29, 1.82) is 0 Å². The first-order valence-electron chi connectivity index (χ1n) is 4.41. The molecule has 2 aliphatic carbocycles. The minimum Gasteiger partial charge on any atom is -0.325 e. The predicted octanol–water partition coefficient (Wildman–Crippen LogP) is 1.77. The van der Waals surface area contributed by atoms with E-state index in [1.165, 1.54) is 19.3 Å². The Morgan fingerprint density at radius 3 is 2.40 bits per heavy atom. The van der Waals surface area contributed by atoms with E-state index in [0.717, 1.165) is 17.8 Å². The maximum Gasteiger partial charge on any atom is 0.0182 e. The van der Waals surface area contributed by atoms with Gasteiger partial charge in [-0.25, -0.2) is 0 Å². The van der Waals surface area contributed by atoms with E-state index >= 15 is 0 Å². The smallest absolute Gasteiger partial charge is 0.0182 e. The molecule has 0 amide bonds. The van der Waals surface area contributed by atoms with Crippen molar-refractivity contribution >= 4 is 0 Å². The van der Waals surface area contributed by atoms with Crippen LogP contribution in [-0.4, -0.2) is 5.54 Å². The summed E-state index contributed by atoms with van der Waals surface area (Å²) in [6, 6.07) is 0. The van der Waals surface area contributed by atoms with Crippen LogP contribution in [0.5, 0.6) is 0 Å². The van der Waals surface area contributed by atoms with Crippen LogP contribution in [0.4, 0.5) is 0 Å². The summed E-state index contributed by atoms with van der Waals surface area (Å²) in [5.74, 6) is 2.57. The zero-order valence-corrected chi connectivity index (χ0v) is 6.93. The van der Waals surface area contributed by atoms with Gasteiger partial charge in [-0.05, 0) is 43.9 Å². The van der Waals surface area contributed by atoms with E-state index in [1.54, 1.807) is 0 Å². The first-order chi connectivity index (χ1) is 4.62. The fraction of sp³-hybridized carbons (Fsp3) is 1.00. The van der Waals surface area contributed by atoms with Gasteiger partial charge in [-0.15, -0.1) is 0 Å². The van der Waals surface area contributed by atoms with E-state index in [-0.39, 0.29) is 5.54 Å². The molecule has 0 unspecified atom stereocenters. The van der Waals surface area contributed by atoms with Gasteiger partial charge in [-0.2, -0.15) is 0 Å². The molecule has 2 bridgehead atoms. The van der Waals surface area contributed by atoms with Crippen LogP contribution in [-0.2, 0) is 0 Å². The summed E-state index contributed by atoms with van der Waals surface area (Å²) < 4.78 is 0. The fourth-order valence-corrected chi connectivity index (χ4v) is 2.92. The molecule has 0 aliphatic heterocycles. The van der Waals surface area contributed by atoms with Crippen LogP contribution in [0.15, 0.2) is 0 Å². The Bertz CT molecular complexity index is 147. The quantitative estimate of drug-likeness (QED) is 0.544. The van der Waals surface area contributed by atoms with Gasteiger partial charge in [-0.1, -0.05) is 6.92 Å². The van der Waals surface area contributed by atoms with Crippen LogP contribution in [0.25, 0.3) is 0 Å². The van der Waals surface area contributed by atoms with Gasteiger partial charge < -0.3 is 5.73 Å². The average Bonchev–Trinajstić information content (AvgIpc) is 2.37. The SMILES string of the molecule is C[C@@H]1[C@@H]2CC[C@@H](C2)[C@]1(C)N. The summed E-state index contributed by atoms with van der Waals surface area (Å²) >= 11 is 0. The Kier molecular flexibility index (Phi) is 1.17. The molecule has 4 atom stereocenters. The monoisotopic (exact) mass is 139 g/mol. The third-order valence-corrected chi connectivity index (χ3v) is 4.04. The van der Waals surface area contributed by atoms with E-state index in [2.05, 4.69) is 13.8 Å². The standard InChI is InChI=1S/C9H17N/c1-6-7-3-4-8(5-7)9(6,2)10/h6-8H,3-5,10H2,1-2H3/t6-,7-,8+,9-/m1/s1. The number of fused-ring (bicyclic) bond motifs is 2. The van der Waals surface area contributed by atoms with E-state index < -0.39 is 0 Å². The fourth-order valence-electron chi connectivity index (χ4n) is 2.92. The number of rotatable bonds is 0. The average molecular weight is 139 g/mol. The highest BCUT2D eigenvalue weighted by Gasteiger charge is 2.50. The van der Waals surface area contributed by atoms with Crippen molar-refractivity contribution in [2.75, 3.05) is 0 Å². The lowest BCUT2D eigenvalue weighted by Gasteiger charge is -2.35. The van der Waals surface area contributed by atoms with Gasteiger partial charge in [0.05, 0.1) is 0 Å². The van der Waals surface area contributed by atoms with Crippen LogP contribution >= 0.6 is 0 Å². The lowest BCUT2D eigenvalue weighted by molar-refractivity contribution is 0.210. The van der Waals surface area contributed by atoms with Crippen LogP contribution in [0.1, 0.15) is 33.1 Å². The van der Waals surface area contributed by atoms with E-state index in [1.807, 2.05) is 0 Å². The Labute approximate surface area is 63.0 Å². The topological polar surface area (TPSA) is 26.0 Å². The van der Waals surface area contributed by atoms with E-state index in [4.69, 9.17) is 5.73 Å². The Hall–Kier alpha value is -0.0400. The number of nitrogens with two attached hydrogens (primary N) is 1. The molecule has 0 radical (unpaired) electrons. The molecule has 0 aromatic rings. The zero-order valence-electron chi connectivity index (χ0n) is 6.93. The van der Waals surface area contributed by atoms with Crippen molar-refractivity contribution in [1.82, 2.24) is 0 Å². The first-order valence-corrected chi connectivity index (χ1v) is 4.41. The third kappa shape index (κ3) is 0.619. The summed E-state index contributed by atoms with van der Waals surface area (Å²) in [6.07, 6.45) is 4.24. The van der Waals surface area contributed by atoms with Crippen molar-refractivity contribution in [2.45, 2.75) is 38.6 Å². The van der Waals surface area contributed by atoms with Crippen LogP contribution in [0.2, 0.25) is 0 Å². The molecule has 0 spiro atoms. The lowest BCUT2D eigenvalue weighted by atomic mass is 9.76. The van der Waals surface area contributed by atoms with E-state index in [0.29, 0.717) is 0 Å². The maximum atomic E-state index is 6.21.